The number of hydrogen-bond acceptors (Lipinski definition) is 4. The Bertz CT molecular complexity index is 881. The molecule has 5 nitrogen and oxygen atoms in total. The van der Waals surface area contributed by atoms with E-state index >= 15 is 0 Å². The first kappa shape index (κ1) is 18.0. The zero-order chi connectivity index (χ0) is 18.8. The fourth-order valence-electron chi connectivity index (χ4n) is 2.43. The summed E-state index contributed by atoms with van der Waals surface area (Å²) in [5, 5.41) is 2.93. The lowest BCUT2D eigenvalue weighted by molar-refractivity contribution is -0.116. The van der Waals surface area contributed by atoms with Crippen LogP contribution in [0.1, 0.15) is 32.2 Å². The van der Waals surface area contributed by atoms with Gasteiger partial charge in [-0.2, -0.15) is 0 Å². The van der Waals surface area contributed by atoms with Gasteiger partial charge in [-0.25, -0.2) is 13.8 Å². The Labute approximate surface area is 150 Å². The lowest BCUT2D eigenvalue weighted by atomic mass is 10.1. The maximum absolute atomic E-state index is 13.7. The largest absolute Gasteiger partial charge is 0.434 e. The topological polar surface area (TPSA) is 64.1 Å². The number of halogens is 2. The normalized spacial score (nSPS) is 14.0. The summed E-state index contributed by atoms with van der Waals surface area (Å²) in [5.74, 6) is -1.61. The molecule has 0 unspecified atom stereocenters. The summed E-state index contributed by atoms with van der Waals surface area (Å²) in [6, 6.07) is 2.99. The highest BCUT2D eigenvalue weighted by Gasteiger charge is 2.25. The molecule has 0 saturated carbocycles. The zero-order valence-corrected chi connectivity index (χ0v) is 14.7. The van der Waals surface area contributed by atoms with E-state index in [9.17, 15) is 13.6 Å². The maximum Gasteiger partial charge on any atom is 0.253 e. The van der Waals surface area contributed by atoms with Crippen LogP contribution < -0.4 is 10.1 Å². The van der Waals surface area contributed by atoms with Crippen LogP contribution in [0.4, 0.5) is 8.78 Å². The minimum Gasteiger partial charge on any atom is -0.434 e. The second-order valence-electron chi connectivity index (χ2n) is 6.51. The van der Waals surface area contributed by atoms with E-state index in [1.54, 1.807) is 6.08 Å². The number of nitrogens with one attached hydrogen (secondary N) is 1. The summed E-state index contributed by atoms with van der Waals surface area (Å²) >= 11 is 0. The Kier molecular flexibility index (Phi) is 4.97. The van der Waals surface area contributed by atoms with E-state index in [1.807, 2.05) is 20.8 Å². The van der Waals surface area contributed by atoms with Gasteiger partial charge in [-0.1, -0.05) is 19.9 Å². The molecule has 1 atom stereocenters. The predicted molar refractivity (Wildman–Crippen MR) is 92.6 cm³/mol. The number of carbonyl (C=O) groups is 1. The molecule has 26 heavy (non-hydrogen) atoms. The second-order valence-corrected chi connectivity index (χ2v) is 6.51. The third kappa shape index (κ3) is 3.71. The summed E-state index contributed by atoms with van der Waals surface area (Å²) in [4.78, 5) is 21.0. The van der Waals surface area contributed by atoms with Crippen LogP contribution in [0.5, 0.6) is 11.6 Å². The van der Waals surface area contributed by atoms with Crippen LogP contribution in [0.15, 0.2) is 30.5 Å². The first-order chi connectivity index (χ1) is 12.3. The average molecular weight is 359 g/mol. The Morgan fingerprint density at radius 2 is 2.04 bits per heavy atom. The Balaban J connectivity index is 1.82. The van der Waals surface area contributed by atoms with Gasteiger partial charge in [0.1, 0.15) is 11.5 Å². The van der Waals surface area contributed by atoms with Crippen molar-refractivity contribution in [2.24, 2.45) is 5.92 Å². The summed E-state index contributed by atoms with van der Waals surface area (Å²) in [7, 11) is 0. The van der Waals surface area contributed by atoms with Crippen molar-refractivity contribution >= 4 is 11.5 Å². The number of benzene rings is 1. The average Bonchev–Trinajstić information content (AvgIpc) is 3.00. The molecule has 1 N–H and O–H groups in total. The van der Waals surface area contributed by atoms with Gasteiger partial charge in [-0.15, -0.1) is 0 Å². The highest BCUT2D eigenvalue weighted by Crippen LogP contribution is 2.29. The van der Waals surface area contributed by atoms with Gasteiger partial charge in [-0.05, 0) is 25.0 Å². The number of hydrogen-bond donors (Lipinski definition) is 1. The molecule has 0 saturated heterocycles. The number of rotatable bonds is 5. The summed E-state index contributed by atoms with van der Waals surface area (Å²) in [5.41, 5.74) is 1.49. The van der Waals surface area contributed by atoms with Crippen LogP contribution in [0, 0.1) is 17.6 Å². The van der Waals surface area contributed by atoms with Gasteiger partial charge < -0.3 is 10.1 Å². The number of carbonyl (C=O) groups excluding carboxylic acids is 1. The van der Waals surface area contributed by atoms with Gasteiger partial charge >= 0.3 is 0 Å². The molecular weight excluding hydrogens is 340 g/mol. The number of amides is 1. The molecule has 0 aliphatic heterocycles. The van der Waals surface area contributed by atoms with E-state index in [0.29, 0.717) is 29.3 Å². The number of aromatic nitrogens is 2. The molecule has 7 heteroatoms. The molecular formula is C19H19F2N3O2. The van der Waals surface area contributed by atoms with E-state index < -0.39 is 11.6 Å². The van der Waals surface area contributed by atoms with E-state index in [2.05, 4.69) is 15.3 Å². The molecule has 136 valence electrons. The van der Waals surface area contributed by atoms with Gasteiger partial charge in [0.2, 0.25) is 5.88 Å². The lowest BCUT2D eigenvalue weighted by Gasteiger charge is -2.18. The summed E-state index contributed by atoms with van der Waals surface area (Å²) in [6.07, 6.45) is 3.61. The molecule has 1 aliphatic carbocycles. The van der Waals surface area contributed by atoms with E-state index in [4.69, 9.17) is 4.74 Å². The van der Waals surface area contributed by atoms with E-state index in [-0.39, 0.29) is 23.6 Å². The van der Waals surface area contributed by atoms with Crippen molar-refractivity contribution in [3.05, 3.63) is 53.5 Å². The van der Waals surface area contributed by atoms with Crippen LogP contribution in [0.3, 0.4) is 0 Å². The van der Waals surface area contributed by atoms with E-state index in [1.165, 1.54) is 12.3 Å². The zero-order valence-electron chi connectivity index (χ0n) is 14.7. The molecule has 0 spiro atoms. The van der Waals surface area contributed by atoms with Gasteiger partial charge in [0, 0.05) is 18.5 Å². The maximum atomic E-state index is 13.7. The third-order valence-corrected chi connectivity index (χ3v) is 4.29. The van der Waals surface area contributed by atoms with Crippen molar-refractivity contribution in [2.75, 3.05) is 0 Å². The van der Waals surface area contributed by atoms with Crippen molar-refractivity contribution in [2.45, 2.75) is 33.2 Å². The fraction of sp³-hybridized carbons (Fsp3) is 0.316. The molecule has 3 rings (SSSR count). The van der Waals surface area contributed by atoms with Crippen LogP contribution >= 0.6 is 0 Å². The molecule has 2 aromatic rings. The standard InChI is InChI=1S/C19H19F2N3O2/c1-10(2)11(3)23-19(25)13-5-6-15-18(13)24-17(9-22-15)26-16-7-4-12(20)8-14(16)21/h4-5,7-11H,6H2,1-3H3,(H,23,25)/t11-/m1/s1. The number of allylic oxidation sites excluding steroid dienone is 1. The van der Waals surface area contributed by atoms with E-state index in [0.717, 1.165) is 12.1 Å². The predicted octanol–water partition coefficient (Wildman–Crippen LogP) is 3.65. The fourth-order valence-corrected chi connectivity index (χ4v) is 2.43. The Morgan fingerprint density at radius 3 is 2.73 bits per heavy atom. The van der Waals surface area contributed by atoms with Gasteiger partial charge in [-0.3, -0.25) is 9.78 Å². The van der Waals surface area contributed by atoms with Crippen molar-refractivity contribution in [1.82, 2.24) is 15.3 Å². The summed E-state index contributed by atoms with van der Waals surface area (Å²) < 4.78 is 32.1. The molecule has 0 fully saturated rings. The van der Waals surface area contributed by atoms with Gasteiger partial charge in [0.05, 0.1) is 17.5 Å². The minimum atomic E-state index is -0.841. The minimum absolute atomic E-state index is 0.00755. The number of fused-ring (bicyclic) bond motifs is 1. The monoisotopic (exact) mass is 359 g/mol. The van der Waals surface area contributed by atoms with Crippen molar-refractivity contribution < 1.29 is 18.3 Å². The van der Waals surface area contributed by atoms with Crippen molar-refractivity contribution in [3.8, 4) is 11.6 Å². The van der Waals surface area contributed by atoms with Crippen molar-refractivity contribution in [3.63, 3.8) is 0 Å². The van der Waals surface area contributed by atoms with Gasteiger partial charge in [0.15, 0.2) is 11.6 Å². The quantitative estimate of drug-likeness (QED) is 0.885. The molecule has 1 aliphatic rings. The smallest absolute Gasteiger partial charge is 0.253 e. The molecule has 0 radical (unpaired) electrons. The molecule has 1 heterocycles. The second kappa shape index (κ2) is 7.19. The third-order valence-electron chi connectivity index (χ3n) is 4.29. The highest BCUT2D eigenvalue weighted by molar-refractivity contribution is 6.20. The summed E-state index contributed by atoms with van der Waals surface area (Å²) in [6.45, 7) is 5.97. The van der Waals surface area contributed by atoms with Gasteiger partial charge in [0.25, 0.3) is 5.91 Å². The SMILES string of the molecule is CC(C)[C@@H](C)NC(=O)C1=CCc2ncc(Oc3ccc(F)cc3F)nc21. The first-order valence-electron chi connectivity index (χ1n) is 8.35. The Hall–Kier alpha value is -2.83. The molecule has 1 amide bonds. The Morgan fingerprint density at radius 1 is 1.27 bits per heavy atom. The van der Waals surface area contributed by atoms with Crippen LogP contribution in [0.2, 0.25) is 0 Å². The number of nitrogens with zero attached hydrogens (tertiary/aromatic N) is 2. The first-order valence-corrected chi connectivity index (χ1v) is 8.35. The molecule has 0 bridgehead atoms. The number of ether oxygens (including phenoxy) is 1. The molecule has 1 aromatic carbocycles. The van der Waals surface area contributed by atoms with Crippen LogP contribution in [-0.2, 0) is 11.2 Å². The highest BCUT2D eigenvalue weighted by atomic mass is 19.1. The van der Waals surface area contributed by atoms with Crippen LogP contribution in [-0.4, -0.2) is 21.9 Å². The van der Waals surface area contributed by atoms with Crippen molar-refractivity contribution in [1.29, 1.82) is 0 Å². The molecule has 1 aromatic heterocycles. The lowest BCUT2D eigenvalue weighted by Crippen LogP contribution is -2.36. The van der Waals surface area contributed by atoms with Crippen LogP contribution in [0.25, 0.3) is 5.57 Å².